The predicted octanol–water partition coefficient (Wildman–Crippen LogP) is 8.54. The van der Waals surface area contributed by atoms with Crippen LogP contribution < -0.4 is 25.4 Å². The fraction of sp³-hybridized carbons (Fsp3) is 0.449. The van der Waals surface area contributed by atoms with Gasteiger partial charge in [0.1, 0.15) is 17.7 Å². The van der Waals surface area contributed by atoms with E-state index in [1.165, 1.54) is 40.0 Å². The molecule has 5 aromatic rings. The van der Waals surface area contributed by atoms with Crippen molar-refractivity contribution in [3.8, 4) is 22.6 Å². The second-order valence-corrected chi connectivity index (χ2v) is 17.9. The molecule has 0 bridgehead atoms. The minimum atomic E-state index is -0.583. The van der Waals surface area contributed by atoms with Gasteiger partial charge in [0.25, 0.3) is 5.91 Å². The lowest BCUT2D eigenvalue weighted by Gasteiger charge is -2.33. The highest BCUT2D eigenvalue weighted by atomic mass is 32.1. The zero-order valence-electron chi connectivity index (χ0n) is 36.4. The normalized spacial score (nSPS) is 17.6. The van der Waals surface area contributed by atoms with E-state index in [2.05, 4.69) is 69.6 Å². The van der Waals surface area contributed by atoms with Crippen molar-refractivity contribution in [1.29, 1.82) is 0 Å². The maximum Gasteiger partial charge on any atom is 0.255 e. The zero-order valence-corrected chi connectivity index (χ0v) is 37.2. The van der Waals surface area contributed by atoms with Gasteiger partial charge in [-0.25, -0.2) is 9.97 Å². The van der Waals surface area contributed by atoms with Gasteiger partial charge in [0.2, 0.25) is 11.8 Å². The molecule has 2 saturated heterocycles. The van der Waals surface area contributed by atoms with Gasteiger partial charge in [-0.3, -0.25) is 19.7 Å². The number of nitrogens with one attached hydrogen (secondary N) is 3. The highest BCUT2D eigenvalue weighted by molar-refractivity contribution is 7.10. The van der Waals surface area contributed by atoms with E-state index in [4.69, 9.17) is 19.4 Å². The molecule has 2 atom stereocenters. The van der Waals surface area contributed by atoms with E-state index in [1.54, 1.807) is 23.3 Å². The zero-order chi connectivity index (χ0) is 43.2. The number of nitrogens with zero attached hydrogens (tertiary/aromatic N) is 4. The summed E-state index contributed by atoms with van der Waals surface area (Å²) in [7, 11) is 3.65. The lowest BCUT2D eigenvalue weighted by molar-refractivity contribution is -0.136. The van der Waals surface area contributed by atoms with Crippen LogP contribution >= 0.6 is 11.3 Å². The number of carbonyl (C=O) groups is 3. The number of amides is 3. The van der Waals surface area contributed by atoms with Gasteiger partial charge in [-0.05, 0) is 130 Å². The van der Waals surface area contributed by atoms with E-state index >= 15 is 0 Å². The van der Waals surface area contributed by atoms with E-state index in [-0.39, 0.29) is 30.2 Å². The van der Waals surface area contributed by atoms with Gasteiger partial charge in [0.05, 0.1) is 25.3 Å². The van der Waals surface area contributed by atoms with Crippen molar-refractivity contribution in [1.82, 2.24) is 30.4 Å². The number of piperidine rings is 2. The van der Waals surface area contributed by atoms with Crippen LogP contribution in [0.15, 0.2) is 66.0 Å². The average Bonchev–Trinajstić information content (AvgIpc) is 3.90. The Morgan fingerprint density at radius 2 is 1.71 bits per heavy atom. The number of methoxy groups -OCH3 is 1. The highest BCUT2D eigenvalue weighted by Crippen LogP contribution is 2.39. The molecule has 3 aliphatic rings. The van der Waals surface area contributed by atoms with Crippen molar-refractivity contribution in [3.05, 3.63) is 99.0 Å². The first-order valence-corrected chi connectivity index (χ1v) is 23.1. The lowest BCUT2D eigenvalue weighted by atomic mass is 9.85. The van der Waals surface area contributed by atoms with Crippen molar-refractivity contribution in [2.75, 3.05) is 45.7 Å². The number of imide groups is 1. The Bertz CT molecular complexity index is 2410. The number of fused-ring (bicyclic) bond motifs is 2. The van der Waals surface area contributed by atoms with E-state index in [0.29, 0.717) is 48.4 Å². The molecule has 1 unspecified atom stereocenters. The molecule has 62 heavy (non-hydrogen) atoms. The van der Waals surface area contributed by atoms with Gasteiger partial charge in [-0.2, -0.15) is 0 Å². The molecule has 0 saturated carbocycles. The SMILES string of the molecule is CNCc1ccccc1-c1csc([C@@H](C)Nc2nc(C)nc3cc(OCCCCCCCN4CCC(c5cccc6c5CN(C5CCC(=O)NC5=O)C6=O)CC4)c(OC)cc23)c1. The second-order valence-electron chi connectivity index (χ2n) is 16.9. The van der Waals surface area contributed by atoms with E-state index < -0.39 is 6.04 Å². The number of carbonyl (C=O) groups excluding carboxylic acids is 3. The van der Waals surface area contributed by atoms with Gasteiger partial charge in [0.15, 0.2) is 11.5 Å². The van der Waals surface area contributed by atoms with Crippen LogP contribution in [-0.4, -0.2) is 83.9 Å². The predicted molar refractivity (Wildman–Crippen MR) is 245 cm³/mol. The third-order valence-corrected chi connectivity index (χ3v) is 13.8. The van der Waals surface area contributed by atoms with Gasteiger partial charge in [-0.15, -0.1) is 11.3 Å². The van der Waals surface area contributed by atoms with Crippen molar-refractivity contribution in [3.63, 3.8) is 0 Å². The van der Waals surface area contributed by atoms with E-state index in [9.17, 15) is 14.4 Å². The van der Waals surface area contributed by atoms with Crippen molar-refractivity contribution in [2.45, 2.75) is 103 Å². The first kappa shape index (κ1) is 43.3. The molecule has 3 aromatic carbocycles. The molecular weight excluding hydrogens is 799 g/mol. The molecule has 12 nitrogen and oxygen atoms in total. The summed E-state index contributed by atoms with van der Waals surface area (Å²) in [5.41, 5.74) is 7.59. The number of likely N-dealkylation sites (tertiary alicyclic amines) is 1. The molecule has 3 N–H and O–H groups in total. The number of anilines is 1. The fourth-order valence-electron chi connectivity index (χ4n) is 9.39. The number of unbranched alkanes of at least 4 members (excludes halogenated alkanes) is 4. The smallest absolute Gasteiger partial charge is 0.255 e. The summed E-state index contributed by atoms with van der Waals surface area (Å²) in [6.45, 7) is 9.15. The Labute approximate surface area is 368 Å². The van der Waals surface area contributed by atoms with Crippen LogP contribution in [0.25, 0.3) is 22.0 Å². The molecule has 2 aromatic heterocycles. The standard InChI is InChI=1S/C49H59N7O5S/c1-31(45-25-35(30-62-45)36-14-9-8-13-34(36)28-50-3)51-47-39-26-43(60-4)44(27-41(39)52-32(2)53-47)61-24-11-7-5-6-10-21-55-22-19-33(20-23-55)37-15-12-16-38-40(37)29-56(49(38)59)42-17-18-46(57)54-48(42)58/h8-9,12-16,25-27,30-31,33,42,50H,5-7,10-11,17-24,28-29H2,1-4H3,(H,51,52,53)(H,54,57,58)/t31-,42?/m1/s1. The first-order valence-electron chi connectivity index (χ1n) is 22.3. The molecule has 2 fully saturated rings. The van der Waals surface area contributed by atoms with Gasteiger partial charge in [-0.1, -0.05) is 55.7 Å². The molecule has 326 valence electrons. The number of benzene rings is 3. The summed E-state index contributed by atoms with van der Waals surface area (Å²) in [5, 5.41) is 12.5. The highest BCUT2D eigenvalue weighted by Gasteiger charge is 2.40. The Balaban J connectivity index is 0.772. The molecular formula is C49H59N7O5S. The first-order chi connectivity index (χ1) is 30.2. The summed E-state index contributed by atoms with van der Waals surface area (Å²) in [5.74, 6) is 2.51. The molecule has 0 aliphatic carbocycles. The summed E-state index contributed by atoms with van der Waals surface area (Å²) in [4.78, 5) is 52.6. The summed E-state index contributed by atoms with van der Waals surface area (Å²) in [6, 6.07) is 20.3. The fourth-order valence-corrected chi connectivity index (χ4v) is 10.3. The average molecular weight is 858 g/mol. The number of aromatic nitrogens is 2. The van der Waals surface area contributed by atoms with Crippen LogP contribution in [0.4, 0.5) is 5.82 Å². The minimum Gasteiger partial charge on any atom is -0.493 e. The maximum absolute atomic E-state index is 13.3. The minimum absolute atomic E-state index is 0.0367. The maximum atomic E-state index is 13.3. The number of hydrogen-bond donors (Lipinski definition) is 3. The van der Waals surface area contributed by atoms with Gasteiger partial charge < -0.3 is 29.9 Å². The van der Waals surface area contributed by atoms with Crippen LogP contribution in [0, 0.1) is 6.92 Å². The van der Waals surface area contributed by atoms with Crippen LogP contribution in [0.3, 0.4) is 0 Å². The summed E-state index contributed by atoms with van der Waals surface area (Å²) in [6.07, 6.45) is 8.36. The largest absolute Gasteiger partial charge is 0.493 e. The number of hydrogen-bond acceptors (Lipinski definition) is 11. The third-order valence-electron chi connectivity index (χ3n) is 12.7. The monoisotopic (exact) mass is 857 g/mol. The lowest BCUT2D eigenvalue weighted by Crippen LogP contribution is -2.52. The number of ether oxygens (including phenoxy) is 2. The van der Waals surface area contributed by atoms with Crippen molar-refractivity contribution < 1.29 is 23.9 Å². The van der Waals surface area contributed by atoms with Gasteiger partial charge in [0, 0.05) is 41.4 Å². The molecule has 8 rings (SSSR count). The van der Waals surface area contributed by atoms with Crippen LogP contribution in [-0.2, 0) is 22.7 Å². The third kappa shape index (κ3) is 9.65. The molecule has 13 heteroatoms. The molecule has 5 heterocycles. The van der Waals surface area contributed by atoms with Crippen LogP contribution in [0.1, 0.15) is 114 Å². The molecule has 0 spiro atoms. The number of rotatable bonds is 18. The van der Waals surface area contributed by atoms with Gasteiger partial charge >= 0.3 is 0 Å². The number of aryl methyl sites for hydroxylation is 1. The quantitative estimate of drug-likeness (QED) is 0.0581. The Hall–Kier alpha value is -5.37. The Morgan fingerprint density at radius 3 is 2.52 bits per heavy atom. The van der Waals surface area contributed by atoms with Crippen LogP contribution in [0.5, 0.6) is 11.5 Å². The van der Waals surface area contributed by atoms with Crippen LogP contribution in [0.2, 0.25) is 0 Å². The topological polar surface area (TPSA) is 138 Å². The second kappa shape index (κ2) is 19.8. The Morgan fingerprint density at radius 1 is 0.919 bits per heavy atom. The molecule has 0 radical (unpaired) electrons. The van der Waals surface area contributed by atoms with E-state index in [0.717, 1.165) is 80.6 Å². The number of thiophene rings is 1. The summed E-state index contributed by atoms with van der Waals surface area (Å²) >= 11 is 1.75. The van der Waals surface area contributed by atoms with Crippen molar-refractivity contribution >= 4 is 45.8 Å². The van der Waals surface area contributed by atoms with Crippen molar-refractivity contribution in [2.24, 2.45) is 0 Å². The Kier molecular flexibility index (Phi) is 13.8. The molecule has 3 amide bonds. The summed E-state index contributed by atoms with van der Waals surface area (Å²) < 4.78 is 12.1. The molecule has 3 aliphatic heterocycles. The van der Waals surface area contributed by atoms with E-state index in [1.807, 2.05) is 38.2 Å².